The number of para-hydroxylation sites is 1. The van der Waals surface area contributed by atoms with Gasteiger partial charge in [-0.15, -0.1) is 0 Å². The van der Waals surface area contributed by atoms with Crippen molar-refractivity contribution in [3.8, 4) is 5.75 Å². The Morgan fingerprint density at radius 2 is 1.96 bits per heavy atom. The molecule has 1 amide bonds. The zero-order valence-corrected chi connectivity index (χ0v) is 16.5. The van der Waals surface area contributed by atoms with E-state index < -0.39 is 0 Å². The third-order valence-corrected chi connectivity index (χ3v) is 4.86. The van der Waals surface area contributed by atoms with E-state index in [1.54, 1.807) is 13.2 Å². The molecular weight excluding hydrogens is 422 g/mol. The van der Waals surface area contributed by atoms with Gasteiger partial charge in [0, 0.05) is 10.2 Å². The Morgan fingerprint density at radius 1 is 1.26 bits per heavy atom. The maximum atomic E-state index is 12.7. The lowest BCUT2D eigenvalue weighted by Crippen LogP contribution is -2.15. The summed E-state index contributed by atoms with van der Waals surface area (Å²) in [7, 11) is 1.55. The van der Waals surface area contributed by atoms with Gasteiger partial charge >= 0.3 is 0 Å². The highest BCUT2D eigenvalue weighted by atomic mass is 79.9. The second kappa shape index (κ2) is 7.97. The van der Waals surface area contributed by atoms with E-state index in [1.807, 2.05) is 24.3 Å². The summed E-state index contributed by atoms with van der Waals surface area (Å²) >= 11 is 6.84. The van der Waals surface area contributed by atoms with Gasteiger partial charge in [0.25, 0.3) is 5.91 Å². The van der Waals surface area contributed by atoms with Gasteiger partial charge in [-0.25, -0.2) is 0 Å². The summed E-state index contributed by atoms with van der Waals surface area (Å²) in [6.45, 7) is 4.29. The van der Waals surface area contributed by atoms with Crippen molar-refractivity contribution >= 4 is 43.5 Å². The molecule has 0 unspecified atom stereocenters. The number of hydrogen-bond donors (Lipinski definition) is 1. The summed E-state index contributed by atoms with van der Waals surface area (Å²) in [4.78, 5) is 12.7. The van der Waals surface area contributed by atoms with Gasteiger partial charge in [0.1, 0.15) is 5.75 Å². The molecule has 23 heavy (non-hydrogen) atoms. The molecule has 2 rings (SSSR count). The van der Waals surface area contributed by atoms with Gasteiger partial charge in [0.2, 0.25) is 0 Å². The lowest BCUT2D eigenvalue weighted by atomic mass is 9.96. The van der Waals surface area contributed by atoms with Gasteiger partial charge in [0.05, 0.1) is 17.1 Å². The highest BCUT2D eigenvalue weighted by molar-refractivity contribution is 9.11. The first-order valence-corrected chi connectivity index (χ1v) is 8.99. The Morgan fingerprint density at radius 3 is 2.61 bits per heavy atom. The predicted octanol–water partition coefficient (Wildman–Crippen LogP) is 5.99. The summed E-state index contributed by atoms with van der Waals surface area (Å²) in [6, 6.07) is 11.5. The summed E-state index contributed by atoms with van der Waals surface area (Å²) in [6.07, 6.45) is 1.01. The number of amides is 1. The molecule has 122 valence electrons. The van der Waals surface area contributed by atoms with Crippen molar-refractivity contribution in [2.75, 3.05) is 12.4 Å². The van der Waals surface area contributed by atoms with Crippen LogP contribution < -0.4 is 10.1 Å². The number of nitrogens with one attached hydrogen (secondary N) is 1. The molecule has 5 heteroatoms. The molecule has 0 radical (unpaired) electrons. The highest BCUT2D eigenvalue weighted by Crippen LogP contribution is 2.34. The molecule has 0 bridgehead atoms. The Hall–Kier alpha value is -1.33. The number of carbonyl (C=O) groups is 1. The predicted molar refractivity (Wildman–Crippen MR) is 101 cm³/mol. The fraction of sp³-hybridized carbons (Fsp3) is 0.278. The molecule has 0 spiro atoms. The average molecular weight is 441 g/mol. The van der Waals surface area contributed by atoms with Gasteiger partial charge in [-0.2, -0.15) is 0 Å². The van der Waals surface area contributed by atoms with E-state index in [-0.39, 0.29) is 5.91 Å². The molecule has 0 heterocycles. The van der Waals surface area contributed by atoms with Crippen LogP contribution in [0.3, 0.4) is 0 Å². The summed E-state index contributed by atoms with van der Waals surface area (Å²) in [5.74, 6) is 0.703. The number of ether oxygens (including phenoxy) is 1. The van der Waals surface area contributed by atoms with Crippen LogP contribution in [0.1, 0.15) is 42.1 Å². The zero-order chi connectivity index (χ0) is 17.0. The van der Waals surface area contributed by atoms with Crippen molar-refractivity contribution in [1.29, 1.82) is 0 Å². The summed E-state index contributed by atoms with van der Waals surface area (Å²) < 4.78 is 6.90. The van der Waals surface area contributed by atoms with Gasteiger partial charge in [-0.1, -0.05) is 48.0 Å². The maximum absolute atomic E-state index is 12.7. The first kappa shape index (κ1) is 18.0. The van der Waals surface area contributed by atoms with Crippen molar-refractivity contribution in [2.45, 2.75) is 26.2 Å². The molecule has 1 N–H and O–H groups in total. The molecule has 0 aliphatic heterocycles. The third kappa shape index (κ3) is 4.15. The average Bonchev–Trinajstić information content (AvgIpc) is 2.54. The molecule has 0 saturated heterocycles. The Balaban J connectivity index is 2.38. The van der Waals surface area contributed by atoms with E-state index in [0.29, 0.717) is 17.2 Å². The number of anilines is 1. The summed E-state index contributed by atoms with van der Waals surface area (Å²) in [5, 5.41) is 3.01. The Kier molecular flexibility index (Phi) is 6.25. The van der Waals surface area contributed by atoms with Crippen molar-refractivity contribution in [1.82, 2.24) is 0 Å². The van der Waals surface area contributed by atoms with Gasteiger partial charge < -0.3 is 10.1 Å². The third-order valence-electron chi connectivity index (χ3n) is 3.81. The van der Waals surface area contributed by atoms with Crippen LogP contribution in [0.4, 0.5) is 5.69 Å². The molecule has 0 aromatic heterocycles. The lowest BCUT2D eigenvalue weighted by Gasteiger charge is -2.17. The molecule has 0 saturated carbocycles. The van der Waals surface area contributed by atoms with E-state index in [0.717, 1.165) is 26.6 Å². The van der Waals surface area contributed by atoms with E-state index in [2.05, 4.69) is 57.1 Å². The number of methoxy groups -OCH3 is 1. The van der Waals surface area contributed by atoms with Crippen LogP contribution in [0.2, 0.25) is 0 Å². The smallest absolute Gasteiger partial charge is 0.259 e. The maximum Gasteiger partial charge on any atom is 0.259 e. The molecule has 0 aliphatic rings. The fourth-order valence-corrected chi connectivity index (χ4v) is 3.77. The second-order valence-corrected chi connectivity index (χ2v) is 7.09. The van der Waals surface area contributed by atoms with E-state index in [9.17, 15) is 4.79 Å². The van der Waals surface area contributed by atoms with Gasteiger partial charge in [0.15, 0.2) is 0 Å². The van der Waals surface area contributed by atoms with Crippen LogP contribution in [0.15, 0.2) is 45.3 Å². The zero-order valence-electron chi connectivity index (χ0n) is 13.3. The Bertz CT molecular complexity index is 716. The molecule has 2 aromatic carbocycles. The van der Waals surface area contributed by atoms with Crippen LogP contribution >= 0.6 is 31.9 Å². The molecule has 0 fully saturated rings. The van der Waals surface area contributed by atoms with Gasteiger partial charge in [-0.05, 0) is 52.0 Å². The minimum atomic E-state index is -0.195. The van der Waals surface area contributed by atoms with E-state index in [4.69, 9.17) is 4.74 Å². The van der Waals surface area contributed by atoms with Crippen LogP contribution in [0.5, 0.6) is 5.75 Å². The van der Waals surface area contributed by atoms with Crippen molar-refractivity contribution in [3.05, 3.63) is 56.5 Å². The summed E-state index contributed by atoms with van der Waals surface area (Å²) in [5.41, 5.74) is 2.45. The monoisotopic (exact) mass is 439 g/mol. The molecule has 0 aliphatic carbocycles. The van der Waals surface area contributed by atoms with Crippen LogP contribution in [0, 0.1) is 0 Å². The normalized spacial score (nSPS) is 11.9. The van der Waals surface area contributed by atoms with Crippen LogP contribution in [-0.2, 0) is 0 Å². The van der Waals surface area contributed by atoms with Crippen molar-refractivity contribution < 1.29 is 9.53 Å². The number of benzene rings is 2. The number of carbonyl (C=O) groups excluding carboxylic acids is 1. The fourth-order valence-electron chi connectivity index (χ4n) is 2.39. The standard InChI is InChI=1S/C18H19Br2NO2/c1-4-11(2)13-7-5-6-8-16(13)21-18(22)14-9-12(19)10-15(20)17(14)23-3/h5-11H,4H2,1-3H3,(H,21,22)/t11-/m0/s1. The van der Waals surface area contributed by atoms with Crippen LogP contribution in [-0.4, -0.2) is 13.0 Å². The molecule has 1 atom stereocenters. The lowest BCUT2D eigenvalue weighted by molar-refractivity contribution is 0.102. The van der Waals surface area contributed by atoms with E-state index >= 15 is 0 Å². The molecule has 2 aromatic rings. The number of hydrogen-bond acceptors (Lipinski definition) is 2. The molecular formula is C18H19Br2NO2. The highest BCUT2D eigenvalue weighted by Gasteiger charge is 2.18. The first-order valence-electron chi connectivity index (χ1n) is 7.41. The van der Waals surface area contributed by atoms with Crippen molar-refractivity contribution in [2.24, 2.45) is 0 Å². The quantitative estimate of drug-likeness (QED) is 0.620. The minimum Gasteiger partial charge on any atom is -0.495 e. The topological polar surface area (TPSA) is 38.3 Å². The largest absolute Gasteiger partial charge is 0.495 e. The van der Waals surface area contributed by atoms with Crippen LogP contribution in [0.25, 0.3) is 0 Å². The van der Waals surface area contributed by atoms with Crippen molar-refractivity contribution in [3.63, 3.8) is 0 Å². The number of rotatable bonds is 5. The SMILES string of the molecule is CC[C@H](C)c1ccccc1NC(=O)c1cc(Br)cc(Br)c1OC. The molecule has 3 nitrogen and oxygen atoms in total. The minimum absolute atomic E-state index is 0.195. The number of halogens is 2. The Labute approximate surface area is 153 Å². The first-order chi connectivity index (χ1) is 11.0. The van der Waals surface area contributed by atoms with Gasteiger partial charge in [-0.3, -0.25) is 4.79 Å². The van der Waals surface area contributed by atoms with E-state index in [1.165, 1.54) is 0 Å². The second-order valence-electron chi connectivity index (χ2n) is 5.32.